The summed E-state index contributed by atoms with van der Waals surface area (Å²) in [6.45, 7) is 5.53. The Morgan fingerprint density at radius 3 is 3.00 bits per heavy atom. The third-order valence-electron chi connectivity index (χ3n) is 3.56. The van der Waals surface area contributed by atoms with E-state index in [1.807, 2.05) is 0 Å². The lowest BCUT2D eigenvalue weighted by Crippen LogP contribution is -2.35. The predicted octanol–water partition coefficient (Wildman–Crippen LogP) is 1.87. The quantitative estimate of drug-likeness (QED) is 0.807. The second-order valence-corrected chi connectivity index (χ2v) is 5.16. The largest absolute Gasteiger partial charge is 0.463 e. The molecule has 2 rings (SSSR count). The van der Waals surface area contributed by atoms with Gasteiger partial charge in [-0.3, -0.25) is 0 Å². The molecule has 0 aromatic carbocycles. The molecular formula is C15H23N3O3. The second kappa shape index (κ2) is 7.93. The summed E-state index contributed by atoms with van der Waals surface area (Å²) in [6.07, 6.45) is 6.15. The summed E-state index contributed by atoms with van der Waals surface area (Å²) >= 11 is 0. The zero-order valence-electron chi connectivity index (χ0n) is 12.7. The van der Waals surface area contributed by atoms with Gasteiger partial charge in [0.05, 0.1) is 24.5 Å². The molecule has 0 amide bonds. The van der Waals surface area contributed by atoms with Gasteiger partial charge in [-0.2, -0.15) is 4.98 Å². The normalized spacial score (nSPS) is 18.3. The minimum absolute atomic E-state index is 0.316. The van der Waals surface area contributed by atoms with Crippen LogP contribution in [0.15, 0.2) is 6.20 Å². The van der Waals surface area contributed by atoms with Gasteiger partial charge >= 0.3 is 12.0 Å². The van der Waals surface area contributed by atoms with Gasteiger partial charge in [0.15, 0.2) is 0 Å². The average Bonchev–Trinajstić information content (AvgIpc) is 2.48. The monoisotopic (exact) mass is 293 g/mol. The van der Waals surface area contributed by atoms with E-state index in [-0.39, 0.29) is 0 Å². The molecule has 116 valence electrons. The molecule has 6 heteroatoms. The van der Waals surface area contributed by atoms with Gasteiger partial charge < -0.3 is 14.8 Å². The van der Waals surface area contributed by atoms with Crippen LogP contribution in [0.25, 0.3) is 0 Å². The fourth-order valence-corrected chi connectivity index (χ4v) is 2.39. The fourth-order valence-electron chi connectivity index (χ4n) is 2.39. The maximum absolute atomic E-state index is 11.6. The van der Waals surface area contributed by atoms with E-state index in [9.17, 15) is 4.79 Å². The molecule has 21 heavy (non-hydrogen) atoms. The van der Waals surface area contributed by atoms with Gasteiger partial charge in [0.25, 0.3) is 0 Å². The highest BCUT2D eigenvalue weighted by Crippen LogP contribution is 2.13. The molecule has 1 atom stereocenters. The number of carbonyl (C=O) groups excluding carboxylic acids is 1. The lowest BCUT2D eigenvalue weighted by atomic mass is 10.0. The molecule has 0 radical (unpaired) electrons. The molecule has 1 aliphatic heterocycles. The number of piperidine rings is 1. The van der Waals surface area contributed by atoms with Gasteiger partial charge in [0, 0.05) is 12.2 Å². The van der Waals surface area contributed by atoms with Crippen molar-refractivity contribution in [2.45, 2.75) is 45.6 Å². The fraction of sp³-hybridized carbons (Fsp3) is 0.667. The van der Waals surface area contributed by atoms with Crippen molar-refractivity contribution in [3.05, 3.63) is 17.5 Å². The van der Waals surface area contributed by atoms with E-state index in [1.54, 1.807) is 13.8 Å². The Bertz CT molecular complexity index is 473. The number of esters is 1. The first-order chi connectivity index (χ1) is 10.2. The summed E-state index contributed by atoms with van der Waals surface area (Å²) in [6, 6.07) is 0.843. The van der Waals surface area contributed by atoms with Gasteiger partial charge in [-0.15, -0.1) is 0 Å². The maximum atomic E-state index is 11.6. The molecule has 0 bridgehead atoms. The lowest BCUT2D eigenvalue weighted by Gasteiger charge is -2.23. The van der Waals surface area contributed by atoms with Gasteiger partial charge in [0.2, 0.25) is 0 Å². The van der Waals surface area contributed by atoms with Crippen LogP contribution in [0.3, 0.4) is 0 Å². The second-order valence-electron chi connectivity index (χ2n) is 5.16. The molecule has 1 fully saturated rings. The first-order valence-electron chi connectivity index (χ1n) is 7.57. The zero-order valence-corrected chi connectivity index (χ0v) is 12.7. The third-order valence-corrected chi connectivity index (χ3v) is 3.56. The first-order valence-corrected chi connectivity index (χ1v) is 7.57. The van der Waals surface area contributed by atoms with E-state index in [2.05, 4.69) is 15.3 Å². The molecule has 0 saturated carbocycles. The summed E-state index contributed by atoms with van der Waals surface area (Å²) < 4.78 is 10.5. The topological polar surface area (TPSA) is 73.3 Å². The molecule has 1 aliphatic rings. The molecule has 1 saturated heterocycles. The Morgan fingerprint density at radius 1 is 1.48 bits per heavy atom. The summed E-state index contributed by atoms with van der Waals surface area (Å²) in [5.74, 6) is -0.395. The van der Waals surface area contributed by atoms with Gasteiger partial charge in [-0.05, 0) is 39.7 Å². The van der Waals surface area contributed by atoms with Crippen LogP contribution in [-0.2, 0) is 4.74 Å². The average molecular weight is 293 g/mol. The van der Waals surface area contributed by atoms with Crippen LogP contribution in [0.1, 0.15) is 48.7 Å². The predicted molar refractivity (Wildman–Crippen MR) is 78.5 cm³/mol. The van der Waals surface area contributed by atoms with Crippen molar-refractivity contribution < 1.29 is 14.3 Å². The van der Waals surface area contributed by atoms with Gasteiger partial charge in [0.1, 0.15) is 0 Å². The number of ether oxygens (including phenoxy) is 2. The Kier molecular flexibility index (Phi) is 5.92. The Hall–Kier alpha value is -1.69. The maximum Gasteiger partial charge on any atom is 0.341 e. The number of aryl methyl sites for hydroxylation is 1. The highest BCUT2D eigenvalue weighted by Gasteiger charge is 2.15. The Balaban J connectivity index is 1.83. The number of rotatable bonds is 6. The van der Waals surface area contributed by atoms with Crippen molar-refractivity contribution in [3.8, 4) is 6.01 Å². The molecule has 0 aliphatic carbocycles. The van der Waals surface area contributed by atoms with E-state index in [1.165, 1.54) is 25.5 Å². The molecule has 6 nitrogen and oxygen atoms in total. The van der Waals surface area contributed by atoms with Crippen LogP contribution in [0.2, 0.25) is 0 Å². The van der Waals surface area contributed by atoms with Gasteiger partial charge in [-0.1, -0.05) is 6.42 Å². The van der Waals surface area contributed by atoms with Crippen molar-refractivity contribution >= 4 is 5.97 Å². The first kappa shape index (κ1) is 15.7. The molecular weight excluding hydrogens is 270 g/mol. The van der Waals surface area contributed by atoms with Crippen LogP contribution >= 0.6 is 0 Å². The smallest absolute Gasteiger partial charge is 0.341 e. The van der Waals surface area contributed by atoms with Crippen LogP contribution < -0.4 is 10.1 Å². The van der Waals surface area contributed by atoms with Gasteiger partial charge in [-0.25, -0.2) is 9.78 Å². The van der Waals surface area contributed by atoms with Crippen molar-refractivity contribution in [1.29, 1.82) is 0 Å². The SMILES string of the molecule is CCOC(=O)c1cnc(OCCC2CCCCN2)nc1C. The molecule has 1 N–H and O–H groups in total. The number of hydrogen-bond acceptors (Lipinski definition) is 6. The third kappa shape index (κ3) is 4.67. The number of carbonyl (C=O) groups is 1. The highest BCUT2D eigenvalue weighted by atomic mass is 16.5. The van der Waals surface area contributed by atoms with E-state index >= 15 is 0 Å². The Labute approximate surface area is 125 Å². The Morgan fingerprint density at radius 2 is 2.33 bits per heavy atom. The van der Waals surface area contributed by atoms with E-state index < -0.39 is 5.97 Å². The number of aromatic nitrogens is 2. The minimum Gasteiger partial charge on any atom is -0.463 e. The number of nitrogens with zero attached hydrogens (tertiary/aromatic N) is 2. The van der Waals surface area contributed by atoms with Crippen molar-refractivity contribution in [3.63, 3.8) is 0 Å². The van der Waals surface area contributed by atoms with E-state index in [0.717, 1.165) is 13.0 Å². The molecule has 1 aromatic rings. The van der Waals surface area contributed by atoms with Crippen LogP contribution in [0.4, 0.5) is 0 Å². The molecule has 2 heterocycles. The van der Waals surface area contributed by atoms with Crippen LogP contribution in [0.5, 0.6) is 6.01 Å². The summed E-state index contributed by atoms with van der Waals surface area (Å²) in [4.78, 5) is 19.9. The van der Waals surface area contributed by atoms with Crippen molar-refractivity contribution in [2.24, 2.45) is 0 Å². The molecule has 1 unspecified atom stereocenters. The summed E-state index contributed by atoms with van der Waals surface area (Å²) in [5, 5.41) is 3.47. The molecule has 0 spiro atoms. The van der Waals surface area contributed by atoms with E-state index in [4.69, 9.17) is 9.47 Å². The number of hydrogen-bond donors (Lipinski definition) is 1. The van der Waals surface area contributed by atoms with E-state index in [0.29, 0.717) is 36.5 Å². The van der Waals surface area contributed by atoms with Crippen molar-refractivity contribution in [2.75, 3.05) is 19.8 Å². The summed E-state index contributed by atoms with van der Waals surface area (Å²) in [7, 11) is 0. The lowest BCUT2D eigenvalue weighted by molar-refractivity contribution is 0.0524. The molecule has 1 aromatic heterocycles. The minimum atomic E-state index is -0.395. The zero-order chi connectivity index (χ0) is 15.1. The number of nitrogens with one attached hydrogen (secondary N) is 1. The standard InChI is InChI=1S/C15H23N3O3/c1-3-20-14(19)13-10-17-15(18-11(13)2)21-9-7-12-6-4-5-8-16-12/h10,12,16H,3-9H2,1-2H3. The highest BCUT2D eigenvalue weighted by molar-refractivity contribution is 5.90. The van der Waals surface area contributed by atoms with Crippen LogP contribution in [0, 0.1) is 6.92 Å². The summed E-state index contributed by atoms with van der Waals surface area (Å²) in [5.41, 5.74) is 0.965. The van der Waals surface area contributed by atoms with Crippen molar-refractivity contribution in [1.82, 2.24) is 15.3 Å². The van der Waals surface area contributed by atoms with Crippen LogP contribution in [-0.4, -0.2) is 41.7 Å².